The number of amidine groups is 1. The molecule has 0 radical (unpaired) electrons. The molecular formula is C20H23N5O2. The number of hydrogen-bond donors (Lipinski definition) is 2. The number of anilines is 2. The Kier molecular flexibility index (Phi) is 5.52. The van der Waals surface area contributed by atoms with E-state index in [9.17, 15) is 9.59 Å². The fourth-order valence-electron chi connectivity index (χ4n) is 2.81. The average molecular weight is 365 g/mol. The topological polar surface area (TPSA) is 77.0 Å². The molecule has 0 bridgehead atoms. The number of aliphatic imine (C=N–C) groups is 1. The highest BCUT2D eigenvalue weighted by molar-refractivity contribution is 6.43. The molecule has 1 heterocycles. The lowest BCUT2D eigenvalue weighted by Crippen LogP contribution is -2.57. The molecule has 27 heavy (non-hydrogen) atoms. The second kappa shape index (κ2) is 8.01. The number of carbonyl (C=O) groups is 2. The maximum absolute atomic E-state index is 12.7. The summed E-state index contributed by atoms with van der Waals surface area (Å²) in [6, 6.07) is 16.1. The van der Waals surface area contributed by atoms with E-state index < -0.39 is 11.9 Å². The summed E-state index contributed by atoms with van der Waals surface area (Å²) in [5, 5.41) is 4.20. The molecule has 2 N–H and O–H groups in total. The van der Waals surface area contributed by atoms with Crippen LogP contribution in [0.25, 0.3) is 0 Å². The Hall–Kier alpha value is -3.19. The van der Waals surface area contributed by atoms with Crippen molar-refractivity contribution in [1.82, 2.24) is 10.3 Å². The zero-order valence-corrected chi connectivity index (χ0v) is 15.6. The molecule has 0 saturated carbocycles. The molecule has 0 spiro atoms. The van der Waals surface area contributed by atoms with E-state index in [1.54, 1.807) is 19.1 Å². The number of benzene rings is 2. The van der Waals surface area contributed by atoms with Crippen LogP contribution in [0.2, 0.25) is 0 Å². The molecule has 3 rings (SSSR count). The maximum atomic E-state index is 12.7. The monoisotopic (exact) mass is 365 g/mol. The van der Waals surface area contributed by atoms with Gasteiger partial charge in [-0.15, -0.1) is 0 Å². The minimum Gasteiger partial charge on any atom is -0.319 e. The number of nitrogens with zero attached hydrogens (tertiary/aromatic N) is 3. The van der Waals surface area contributed by atoms with Crippen molar-refractivity contribution in [3.63, 3.8) is 0 Å². The molecule has 0 saturated heterocycles. The second-order valence-electron chi connectivity index (χ2n) is 6.67. The third kappa shape index (κ3) is 4.51. The van der Waals surface area contributed by atoms with Gasteiger partial charge in [-0.25, -0.2) is 10.0 Å². The lowest BCUT2D eigenvalue weighted by molar-refractivity contribution is -0.120. The fourth-order valence-corrected chi connectivity index (χ4v) is 2.81. The summed E-state index contributed by atoms with van der Waals surface area (Å²) in [6.07, 6.45) is 0. The number of hydrogen-bond acceptors (Lipinski definition) is 5. The van der Waals surface area contributed by atoms with Gasteiger partial charge in [0.1, 0.15) is 6.04 Å². The Labute approximate surface area is 158 Å². The van der Waals surface area contributed by atoms with E-state index in [1.165, 1.54) is 5.01 Å². The summed E-state index contributed by atoms with van der Waals surface area (Å²) in [5.41, 5.74) is 5.25. The molecule has 7 heteroatoms. The first-order valence-corrected chi connectivity index (χ1v) is 8.72. The number of carbonyl (C=O) groups excluding carboxylic acids is 2. The molecule has 1 aliphatic heterocycles. The van der Waals surface area contributed by atoms with Gasteiger partial charge in [-0.05, 0) is 50.8 Å². The van der Waals surface area contributed by atoms with Crippen molar-refractivity contribution in [3.05, 3.63) is 60.2 Å². The third-order valence-corrected chi connectivity index (χ3v) is 4.03. The predicted molar refractivity (Wildman–Crippen MR) is 106 cm³/mol. The molecule has 1 unspecified atom stereocenters. The first kappa shape index (κ1) is 18.6. The zero-order chi connectivity index (χ0) is 19.4. The van der Waals surface area contributed by atoms with E-state index in [0.29, 0.717) is 11.4 Å². The molecule has 2 aromatic rings. The Morgan fingerprint density at radius 1 is 1.19 bits per heavy atom. The molecule has 2 amide bonds. The van der Waals surface area contributed by atoms with Crippen molar-refractivity contribution >= 4 is 29.0 Å². The number of nitrogens with one attached hydrogen (secondary N) is 2. The van der Waals surface area contributed by atoms with Gasteiger partial charge in [-0.2, -0.15) is 0 Å². The van der Waals surface area contributed by atoms with Crippen molar-refractivity contribution in [2.45, 2.75) is 19.5 Å². The van der Waals surface area contributed by atoms with Crippen molar-refractivity contribution in [2.24, 2.45) is 4.99 Å². The van der Waals surface area contributed by atoms with Gasteiger partial charge in [0.25, 0.3) is 11.8 Å². The molecule has 1 atom stereocenters. The Morgan fingerprint density at radius 3 is 2.63 bits per heavy atom. The van der Waals surface area contributed by atoms with Crippen LogP contribution < -0.4 is 15.8 Å². The summed E-state index contributed by atoms with van der Waals surface area (Å²) in [7, 11) is 3.98. The van der Waals surface area contributed by atoms with E-state index in [0.717, 1.165) is 12.1 Å². The van der Waals surface area contributed by atoms with Gasteiger partial charge in [-0.3, -0.25) is 15.0 Å². The summed E-state index contributed by atoms with van der Waals surface area (Å²) in [6.45, 7) is 2.44. The Morgan fingerprint density at radius 2 is 1.93 bits per heavy atom. The summed E-state index contributed by atoms with van der Waals surface area (Å²) in [4.78, 5) is 31.4. The summed E-state index contributed by atoms with van der Waals surface area (Å²) in [5.74, 6) is -0.507. The predicted octanol–water partition coefficient (Wildman–Crippen LogP) is 2.03. The van der Waals surface area contributed by atoms with E-state index in [2.05, 4.69) is 20.6 Å². The molecule has 0 aliphatic carbocycles. The molecular weight excluding hydrogens is 342 g/mol. The van der Waals surface area contributed by atoms with Crippen LogP contribution in [0.1, 0.15) is 12.5 Å². The normalized spacial score (nSPS) is 16.7. The van der Waals surface area contributed by atoms with Gasteiger partial charge in [-0.1, -0.05) is 30.3 Å². The van der Waals surface area contributed by atoms with E-state index in [-0.39, 0.29) is 11.7 Å². The van der Waals surface area contributed by atoms with Gasteiger partial charge in [0.2, 0.25) is 5.84 Å². The van der Waals surface area contributed by atoms with Crippen LogP contribution in [0.5, 0.6) is 0 Å². The van der Waals surface area contributed by atoms with Crippen LogP contribution in [0.3, 0.4) is 0 Å². The molecule has 7 nitrogen and oxygen atoms in total. The highest BCUT2D eigenvalue weighted by Gasteiger charge is 2.30. The maximum Gasteiger partial charge on any atom is 0.292 e. The molecule has 140 valence electrons. The molecule has 1 aliphatic rings. The number of rotatable bonds is 5. The van der Waals surface area contributed by atoms with Crippen LogP contribution in [0, 0.1) is 0 Å². The van der Waals surface area contributed by atoms with Crippen molar-refractivity contribution in [2.75, 3.05) is 24.4 Å². The summed E-state index contributed by atoms with van der Waals surface area (Å²) >= 11 is 0. The minimum absolute atomic E-state index is 0.101. The van der Waals surface area contributed by atoms with Crippen LogP contribution in [-0.2, 0) is 16.1 Å². The van der Waals surface area contributed by atoms with E-state index in [4.69, 9.17) is 0 Å². The van der Waals surface area contributed by atoms with Gasteiger partial charge < -0.3 is 10.2 Å². The lowest BCUT2D eigenvalue weighted by Gasteiger charge is -2.30. The van der Waals surface area contributed by atoms with Crippen LogP contribution in [0.15, 0.2) is 59.6 Å². The molecule has 0 aromatic heterocycles. The highest BCUT2D eigenvalue weighted by Crippen LogP contribution is 2.17. The smallest absolute Gasteiger partial charge is 0.292 e. The van der Waals surface area contributed by atoms with Gasteiger partial charge in [0, 0.05) is 12.2 Å². The van der Waals surface area contributed by atoms with E-state index >= 15 is 0 Å². The Balaban J connectivity index is 1.76. The van der Waals surface area contributed by atoms with E-state index in [1.807, 2.05) is 56.6 Å². The lowest BCUT2D eigenvalue weighted by atomic mass is 10.2. The van der Waals surface area contributed by atoms with Gasteiger partial charge >= 0.3 is 0 Å². The molecule has 0 fully saturated rings. The van der Waals surface area contributed by atoms with Crippen LogP contribution in [-0.4, -0.2) is 42.7 Å². The van der Waals surface area contributed by atoms with Crippen molar-refractivity contribution < 1.29 is 9.59 Å². The first-order valence-electron chi connectivity index (χ1n) is 8.72. The zero-order valence-electron chi connectivity index (χ0n) is 15.6. The minimum atomic E-state index is -0.646. The van der Waals surface area contributed by atoms with Crippen LogP contribution >= 0.6 is 0 Å². The highest BCUT2D eigenvalue weighted by atomic mass is 16.2. The second-order valence-corrected chi connectivity index (χ2v) is 6.67. The quantitative estimate of drug-likeness (QED) is 0.850. The fraction of sp³-hybridized carbons (Fsp3) is 0.250. The number of hydrazine groups is 1. The first-order chi connectivity index (χ1) is 12.9. The molecule has 2 aromatic carbocycles. The largest absolute Gasteiger partial charge is 0.319 e. The van der Waals surface area contributed by atoms with Crippen LogP contribution in [0.4, 0.5) is 11.4 Å². The SMILES string of the molecule is CC1N=C(C(=O)Nc2cccc(CN(C)C)c2)NN(c2ccccc2)C1=O. The van der Waals surface area contributed by atoms with Gasteiger partial charge in [0.15, 0.2) is 0 Å². The van der Waals surface area contributed by atoms with Gasteiger partial charge in [0.05, 0.1) is 5.69 Å². The Bertz CT molecular complexity index is 864. The third-order valence-electron chi connectivity index (χ3n) is 4.03. The number of para-hydroxylation sites is 1. The van der Waals surface area contributed by atoms with Crippen molar-refractivity contribution in [3.8, 4) is 0 Å². The number of amides is 2. The standard InChI is InChI=1S/C20H23N5O2/c1-14-20(27)25(17-10-5-4-6-11-17)23-18(21-14)19(26)22-16-9-7-8-15(12-16)13-24(2)3/h4-12,14H,13H2,1-3H3,(H,21,23)(H,22,26). The van der Waals surface area contributed by atoms with Crippen molar-refractivity contribution in [1.29, 1.82) is 0 Å². The summed E-state index contributed by atoms with van der Waals surface area (Å²) < 4.78 is 0. The average Bonchev–Trinajstić information content (AvgIpc) is 2.64.